The summed E-state index contributed by atoms with van der Waals surface area (Å²) in [7, 11) is 0. The summed E-state index contributed by atoms with van der Waals surface area (Å²) in [6.45, 7) is 0. The summed E-state index contributed by atoms with van der Waals surface area (Å²) in [4.78, 5) is 4.65. The Kier molecular flexibility index (Phi) is 3.88. The molecule has 0 aliphatic heterocycles. The van der Waals surface area contributed by atoms with Gasteiger partial charge in [0.15, 0.2) is 0 Å². The molecule has 0 aliphatic carbocycles. The van der Waals surface area contributed by atoms with Gasteiger partial charge in [0.25, 0.3) is 0 Å². The molecule has 0 amide bonds. The van der Waals surface area contributed by atoms with E-state index in [9.17, 15) is 0 Å². The molecule has 0 fully saturated rings. The first-order valence-corrected chi connectivity index (χ1v) is 7.63. The van der Waals surface area contributed by atoms with Gasteiger partial charge in [-0.05, 0) is 17.7 Å². The standard InChI is InChI=1S/C17H15N3S/c18-16(19)14-10-13-8-4-5-9-15(13)20-17(14)21-11-12-6-2-1-3-7-12/h1-10H,11H2,(H3,18,19). The average Bonchev–Trinajstić information content (AvgIpc) is 2.53. The van der Waals surface area contributed by atoms with Gasteiger partial charge < -0.3 is 5.73 Å². The third-order valence-electron chi connectivity index (χ3n) is 3.20. The minimum Gasteiger partial charge on any atom is -0.384 e. The van der Waals surface area contributed by atoms with Crippen LogP contribution in [-0.2, 0) is 5.75 Å². The molecule has 1 heterocycles. The van der Waals surface area contributed by atoms with Gasteiger partial charge in [-0.3, -0.25) is 5.41 Å². The summed E-state index contributed by atoms with van der Waals surface area (Å²) in [6.07, 6.45) is 0. The zero-order valence-electron chi connectivity index (χ0n) is 11.4. The number of benzene rings is 2. The van der Waals surface area contributed by atoms with Crippen LogP contribution in [0.15, 0.2) is 65.7 Å². The van der Waals surface area contributed by atoms with Gasteiger partial charge in [-0.1, -0.05) is 48.5 Å². The Morgan fingerprint density at radius 2 is 1.76 bits per heavy atom. The lowest BCUT2D eigenvalue weighted by molar-refractivity contribution is 1.16. The highest BCUT2D eigenvalue weighted by Gasteiger charge is 2.10. The Morgan fingerprint density at radius 1 is 1.05 bits per heavy atom. The fourth-order valence-electron chi connectivity index (χ4n) is 2.13. The maximum atomic E-state index is 7.76. The first kappa shape index (κ1) is 13.6. The van der Waals surface area contributed by atoms with Gasteiger partial charge in [-0.15, -0.1) is 11.8 Å². The van der Waals surface area contributed by atoms with E-state index in [-0.39, 0.29) is 5.84 Å². The highest BCUT2D eigenvalue weighted by atomic mass is 32.2. The molecule has 4 heteroatoms. The summed E-state index contributed by atoms with van der Waals surface area (Å²) in [5.41, 5.74) is 8.57. The minimum absolute atomic E-state index is 0.0591. The lowest BCUT2D eigenvalue weighted by Crippen LogP contribution is -2.13. The number of nitrogens with zero attached hydrogens (tertiary/aromatic N) is 1. The lowest BCUT2D eigenvalue weighted by atomic mass is 10.1. The van der Waals surface area contributed by atoms with Crippen LogP contribution in [0.5, 0.6) is 0 Å². The lowest BCUT2D eigenvalue weighted by Gasteiger charge is -2.09. The van der Waals surface area contributed by atoms with E-state index in [4.69, 9.17) is 11.1 Å². The van der Waals surface area contributed by atoms with Gasteiger partial charge in [0.05, 0.1) is 5.52 Å². The number of hydrogen-bond acceptors (Lipinski definition) is 3. The average molecular weight is 293 g/mol. The Morgan fingerprint density at radius 3 is 2.52 bits per heavy atom. The summed E-state index contributed by atoms with van der Waals surface area (Å²) >= 11 is 1.61. The van der Waals surface area contributed by atoms with Crippen LogP contribution < -0.4 is 5.73 Å². The second-order valence-corrected chi connectivity index (χ2v) is 5.69. The van der Waals surface area contributed by atoms with Crippen molar-refractivity contribution in [2.24, 2.45) is 5.73 Å². The molecule has 3 N–H and O–H groups in total. The molecule has 1 aromatic heterocycles. The fraction of sp³-hybridized carbons (Fsp3) is 0.0588. The Bertz CT molecular complexity index is 784. The van der Waals surface area contributed by atoms with Crippen molar-refractivity contribution < 1.29 is 0 Å². The number of thioether (sulfide) groups is 1. The third kappa shape index (κ3) is 3.06. The molecule has 104 valence electrons. The van der Waals surface area contributed by atoms with Crippen LogP contribution >= 0.6 is 11.8 Å². The Balaban J connectivity index is 1.96. The third-order valence-corrected chi connectivity index (χ3v) is 4.26. The molecular weight excluding hydrogens is 278 g/mol. The van der Waals surface area contributed by atoms with E-state index in [2.05, 4.69) is 17.1 Å². The smallest absolute Gasteiger partial charge is 0.125 e. The number of nitrogen functional groups attached to an aromatic ring is 1. The summed E-state index contributed by atoms with van der Waals surface area (Å²) in [5, 5.41) is 9.58. The highest BCUT2D eigenvalue weighted by Crippen LogP contribution is 2.27. The zero-order chi connectivity index (χ0) is 14.7. The molecule has 3 nitrogen and oxygen atoms in total. The number of pyridine rings is 1. The Labute approximate surface area is 127 Å². The molecule has 0 atom stereocenters. The monoisotopic (exact) mass is 293 g/mol. The van der Waals surface area contributed by atoms with Crippen LogP contribution in [0.2, 0.25) is 0 Å². The molecule has 0 unspecified atom stereocenters. The molecular formula is C17H15N3S. The summed E-state index contributed by atoms with van der Waals surface area (Å²) in [5.74, 6) is 0.871. The van der Waals surface area contributed by atoms with Crippen LogP contribution in [0, 0.1) is 5.41 Å². The summed E-state index contributed by atoms with van der Waals surface area (Å²) in [6, 6.07) is 20.1. The van der Waals surface area contributed by atoms with E-state index in [0.717, 1.165) is 21.7 Å². The molecule has 0 bridgehead atoms. The first-order valence-electron chi connectivity index (χ1n) is 6.65. The van der Waals surface area contributed by atoms with E-state index in [0.29, 0.717) is 5.56 Å². The van der Waals surface area contributed by atoms with Crippen molar-refractivity contribution in [3.05, 3.63) is 71.8 Å². The maximum absolute atomic E-state index is 7.76. The van der Waals surface area contributed by atoms with Crippen LogP contribution in [-0.4, -0.2) is 10.8 Å². The molecule has 3 aromatic rings. The molecule has 0 saturated heterocycles. The number of para-hydroxylation sites is 1. The topological polar surface area (TPSA) is 62.8 Å². The van der Waals surface area contributed by atoms with Crippen LogP contribution in [0.3, 0.4) is 0 Å². The van der Waals surface area contributed by atoms with Crippen molar-refractivity contribution in [3.63, 3.8) is 0 Å². The van der Waals surface area contributed by atoms with Gasteiger partial charge >= 0.3 is 0 Å². The quantitative estimate of drug-likeness (QED) is 0.437. The molecule has 0 radical (unpaired) electrons. The van der Waals surface area contributed by atoms with Gasteiger partial charge in [0, 0.05) is 16.7 Å². The van der Waals surface area contributed by atoms with E-state index < -0.39 is 0 Å². The molecule has 0 saturated carbocycles. The first-order chi connectivity index (χ1) is 10.2. The van der Waals surface area contributed by atoms with Gasteiger partial charge in [-0.25, -0.2) is 4.98 Å². The number of aromatic nitrogens is 1. The normalized spacial score (nSPS) is 10.7. The van der Waals surface area contributed by atoms with Crippen molar-refractivity contribution in [2.75, 3.05) is 0 Å². The van der Waals surface area contributed by atoms with E-state index in [1.165, 1.54) is 5.56 Å². The van der Waals surface area contributed by atoms with Gasteiger partial charge in [0.2, 0.25) is 0 Å². The van der Waals surface area contributed by atoms with Gasteiger partial charge in [0.1, 0.15) is 10.9 Å². The van der Waals surface area contributed by atoms with E-state index in [1.807, 2.05) is 48.5 Å². The number of hydrogen-bond donors (Lipinski definition) is 2. The second-order valence-electron chi connectivity index (χ2n) is 4.72. The minimum atomic E-state index is 0.0591. The maximum Gasteiger partial charge on any atom is 0.125 e. The molecule has 21 heavy (non-hydrogen) atoms. The predicted octanol–water partition coefficient (Wildman–Crippen LogP) is 3.81. The molecule has 0 aliphatic rings. The number of rotatable bonds is 4. The number of nitrogens with one attached hydrogen (secondary N) is 1. The number of fused-ring (bicyclic) bond motifs is 1. The molecule has 3 rings (SSSR count). The van der Waals surface area contributed by atoms with E-state index >= 15 is 0 Å². The molecule has 0 spiro atoms. The second kappa shape index (κ2) is 5.97. The highest BCUT2D eigenvalue weighted by molar-refractivity contribution is 7.98. The summed E-state index contributed by atoms with van der Waals surface area (Å²) < 4.78 is 0. The van der Waals surface area contributed by atoms with Gasteiger partial charge in [-0.2, -0.15) is 0 Å². The van der Waals surface area contributed by atoms with Crippen LogP contribution in [0.4, 0.5) is 0 Å². The fourth-order valence-corrected chi connectivity index (χ4v) is 3.11. The Hall–Kier alpha value is -2.33. The number of amidine groups is 1. The largest absolute Gasteiger partial charge is 0.384 e. The van der Waals surface area contributed by atoms with Crippen LogP contribution in [0.1, 0.15) is 11.1 Å². The predicted molar refractivity (Wildman–Crippen MR) is 88.8 cm³/mol. The van der Waals surface area contributed by atoms with Crippen molar-refractivity contribution in [3.8, 4) is 0 Å². The SMILES string of the molecule is N=C(N)c1cc2ccccc2nc1SCc1ccccc1. The van der Waals surface area contributed by atoms with Crippen molar-refractivity contribution >= 4 is 28.5 Å². The zero-order valence-corrected chi connectivity index (χ0v) is 12.2. The van der Waals surface area contributed by atoms with Crippen LogP contribution in [0.25, 0.3) is 10.9 Å². The van der Waals surface area contributed by atoms with Crippen molar-refractivity contribution in [1.82, 2.24) is 4.98 Å². The van der Waals surface area contributed by atoms with Crippen molar-refractivity contribution in [2.45, 2.75) is 10.8 Å². The number of nitrogens with two attached hydrogens (primary N) is 1. The van der Waals surface area contributed by atoms with Crippen molar-refractivity contribution in [1.29, 1.82) is 5.41 Å². The van der Waals surface area contributed by atoms with E-state index in [1.54, 1.807) is 11.8 Å². The molecule has 2 aromatic carbocycles.